The van der Waals surface area contributed by atoms with Gasteiger partial charge >= 0.3 is 0 Å². The van der Waals surface area contributed by atoms with E-state index in [4.69, 9.17) is 0 Å². The number of nitrogens with zero attached hydrogens (tertiary/aromatic N) is 3. The number of amides is 1. The molecule has 25 heavy (non-hydrogen) atoms. The van der Waals surface area contributed by atoms with Gasteiger partial charge in [-0.15, -0.1) is 0 Å². The summed E-state index contributed by atoms with van der Waals surface area (Å²) in [4.78, 5) is 16.6. The molecule has 0 unspecified atom stereocenters. The van der Waals surface area contributed by atoms with Gasteiger partial charge in [-0.05, 0) is 37.1 Å². The van der Waals surface area contributed by atoms with E-state index in [1.807, 2.05) is 79.1 Å². The predicted octanol–water partition coefficient (Wildman–Crippen LogP) is 3.55. The molecule has 0 saturated heterocycles. The van der Waals surface area contributed by atoms with Gasteiger partial charge in [-0.1, -0.05) is 48.5 Å². The number of carbonyl (C=O) groups excluding carboxylic acids is 1. The van der Waals surface area contributed by atoms with Crippen molar-refractivity contribution in [2.24, 2.45) is 5.10 Å². The monoisotopic (exact) mass is 332 g/mol. The Morgan fingerprint density at radius 3 is 2.68 bits per heavy atom. The Labute approximate surface area is 146 Å². The standard InChI is InChI=1S/C20H20N4O/c1-15(12-17-8-4-3-5-9-17)13-21-23-20(25)14-24-16(2)22-18-10-6-7-11-19(18)24/h3-13H,14H2,1-2H3,(H,23,25)/b15-12+,21-13?. The second-order valence-corrected chi connectivity index (χ2v) is 5.83. The molecule has 2 aromatic carbocycles. The highest BCUT2D eigenvalue weighted by molar-refractivity contribution is 5.86. The first-order valence-corrected chi connectivity index (χ1v) is 8.10. The Morgan fingerprint density at radius 2 is 1.88 bits per heavy atom. The van der Waals surface area contributed by atoms with Crippen molar-refractivity contribution < 1.29 is 4.79 Å². The third-order valence-corrected chi connectivity index (χ3v) is 3.80. The maximum atomic E-state index is 12.2. The van der Waals surface area contributed by atoms with Crippen LogP contribution >= 0.6 is 0 Å². The zero-order valence-electron chi connectivity index (χ0n) is 14.3. The number of aryl methyl sites for hydroxylation is 1. The van der Waals surface area contributed by atoms with E-state index in [1.165, 1.54) is 0 Å². The van der Waals surface area contributed by atoms with Crippen molar-refractivity contribution in [3.63, 3.8) is 0 Å². The van der Waals surface area contributed by atoms with Gasteiger partial charge in [-0.25, -0.2) is 10.4 Å². The van der Waals surface area contributed by atoms with E-state index < -0.39 is 0 Å². The zero-order chi connectivity index (χ0) is 17.6. The molecule has 0 spiro atoms. The number of fused-ring (bicyclic) bond motifs is 1. The first-order valence-electron chi connectivity index (χ1n) is 8.10. The fourth-order valence-electron chi connectivity index (χ4n) is 2.63. The van der Waals surface area contributed by atoms with Crippen LogP contribution in [0.2, 0.25) is 0 Å². The van der Waals surface area contributed by atoms with Crippen LogP contribution in [0.15, 0.2) is 65.3 Å². The van der Waals surface area contributed by atoms with Crippen molar-refractivity contribution in [3.8, 4) is 0 Å². The van der Waals surface area contributed by atoms with E-state index in [2.05, 4.69) is 15.5 Å². The molecule has 1 amide bonds. The maximum Gasteiger partial charge on any atom is 0.260 e. The number of carbonyl (C=O) groups is 1. The number of hydrogen-bond donors (Lipinski definition) is 1. The first-order chi connectivity index (χ1) is 12.1. The van der Waals surface area contributed by atoms with Crippen LogP contribution in [0.1, 0.15) is 18.3 Å². The molecule has 3 rings (SSSR count). The molecule has 5 heteroatoms. The molecular formula is C20H20N4O. The van der Waals surface area contributed by atoms with Crippen LogP contribution in [0, 0.1) is 6.92 Å². The van der Waals surface area contributed by atoms with Gasteiger partial charge in [0.15, 0.2) is 0 Å². The minimum absolute atomic E-state index is 0.185. The molecule has 0 atom stereocenters. The number of hydrazone groups is 1. The minimum Gasteiger partial charge on any atom is -0.319 e. The van der Waals surface area contributed by atoms with Crippen LogP contribution in [0.4, 0.5) is 0 Å². The lowest BCUT2D eigenvalue weighted by molar-refractivity contribution is -0.121. The molecule has 0 fully saturated rings. The van der Waals surface area contributed by atoms with Crippen molar-refractivity contribution >= 4 is 29.2 Å². The summed E-state index contributed by atoms with van der Waals surface area (Å²) in [5, 5.41) is 4.03. The summed E-state index contributed by atoms with van der Waals surface area (Å²) in [6, 6.07) is 17.7. The number of benzene rings is 2. The van der Waals surface area contributed by atoms with Gasteiger partial charge in [0.25, 0.3) is 5.91 Å². The highest BCUT2D eigenvalue weighted by atomic mass is 16.2. The van der Waals surface area contributed by atoms with Crippen molar-refractivity contribution in [2.45, 2.75) is 20.4 Å². The molecule has 0 bridgehead atoms. The second kappa shape index (κ2) is 7.57. The number of nitrogens with one attached hydrogen (secondary N) is 1. The average Bonchev–Trinajstić information content (AvgIpc) is 2.91. The second-order valence-electron chi connectivity index (χ2n) is 5.83. The van der Waals surface area contributed by atoms with Crippen LogP contribution < -0.4 is 5.43 Å². The molecule has 0 aliphatic heterocycles. The Hall–Kier alpha value is -3.21. The lowest BCUT2D eigenvalue weighted by atomic mass is 10.1. The van der Waals surface area contributed by atoms with Crippen LogP contribution in [0.3, 0.4) is 0 Å². The van der Waals surface area contributed by atoms with Gasteiger partial charge in [0.2, 0.25) is 0 Å². The lowest BCUT2D eigenvalue weighted by Crippen LogP contribution is -2.23. The van der Waals surface area contributed by atoms with Gasteiger partial charge in [0.05, 0.1) is 17.2 Å². The molecule has 0 radical (unpaired) electrons. The van der Waals surface area contributed by atoms with E-state index in [-0.39, 0.29) is 12.5 Å². The topological polar surface area (TPSA) is 59.3 Å². The summed E-state index contributed by atoms with van der Waals surface area (Å²) >= 11 is 0. The number of aromatic nitrogens is 2. The SMILES string of the molecule is C/C(C=NNC(=O)Cn1c(C)nc2ccccc21)=C\c1ccccc1. The van der Waals surface area contributed by atoms with Crippen molar-refractivity contribution in [2.75, 3.05) is 0 Å². The molecular weight excluding hydrogens is 312 g/mol. The molecule has 126 valence electrons. The van der Waals surface area contributed by atoms with Crippen molar-refractivity contribution in [1.29, 1.82) is 0 Å². The summed E-state index contributed by atoms with van der Waals surface area (Å²) in [7, 11) is 0. The summed E-state index contributed by atoms with van der Waals surface area (Å²) in [5.41, 5.74) is 6.45. The number of allylic oxidation sites excluding steroid dienone is 1. The van der Waals surface area contributed by atoms with E-state index in [1.54, 1.807) is 6.21 Å². The summed E-state index contributed by atoms with van der Waals surface area (Å²) in [6.45, 7) is 4.02. The molecule has 5 nitrogen and oxygen atoms in total. The third kappa shape index (κ3) is 4.20. The maximum absolute atomic E-state index is 12.2. The first kappa shape index (κ1) is 16.6. The van der Waals surface area contributed by atoms with E-state index in [0.717, 1.165) is 28.0 Å². The summed E-state index contributed by atoms with van der Waals surface area (Å²) in [5.74, 6) is 0.621. The van der Waals surface area contributed by atoms with Crippen LogP contribution in [0.25, 0.3) is 17.1 Å². The predicted molar refractivity (Wildman–Crippen MR) is 101 cm³/mol. The highest BCUT2D eigenvalue weighted by Gasteiger charge is 2.09. The highest BCUT2D eigenvalue weighted by Crippen LogP contribution is 2.15. The number of hydrogen-bond acceptors (Lipinski definition) is 3. The molecule has 1 heterocycles. The largest absolute Gasteiger partial charge is 0.319 e. The summed E-state index contributed by atoms with van der Waals surface area (Å²) in [6.07, 6.45) is 3.65. The Bertz CT molecular complexity index is 939. The minimum atomic E-state index is -0.185. The normalized spacial score (nSPS) is 12.0. The van der Waals surface area contributed by atoms with Crippen LogP contribution in [-0.2, 0) is 11.3 Å². The smallest absolute Gasteiger partial charge is 0.260 e. The number of rotatable bonds is 5. The molecule has 0 saturated carbocycles. The van der Waals surface area contributed by atoms with Gasteiger partial charge in [-0.3, -0.25) is 4.79 Å². The Morgan fingerprint density at radius 1 is 1.16 bits per heavy atom. The van der Waals surface area contributed by atoms with Gasteiger partial charge in [0.1, 0.15) is 12.4 Å². The van der Waals surface area contributed by atoms with Gasteiger partial charge in [0, 0.05) is 0 Å². The van der Waals surface area contributed by atoms with E-state index in [9.17, 15) is 4.79 Å². The quantitative estimate of drug-likeness (QED) is 0.574. The number of imidazole rings is 1. The van der Waals surface area contributed by atoms with Gasteiger partial charge < -0.3 is 4.57 Å². The average molecular weight is 332 g/mol. The lowest BCUT2D eigenvalue weighted by Gasteiger charge is -2.05. The molecule has 1 aromatic heterocycles. The van der Waals surface area contributed by atoms with Crippen molar-refractivity contribution in [3.05, 3.63) is 71.6 Å². The third-order valence-electron chi connectivity index (χ3n) is 3.80. The number of para-hydroxylation sites is 2. The molecule has 0 aliphatic rings. The van der Waals surface area contributed by atoms with E-state index >= 15 is 0 Å². The van der Waals surface area contributed by atoms with E-state index in [0.29, 0.717) is 0 Å². The Balaban J connectivity index is 1.63. The molecule has 1 N–H and O–H groups in total. The molecule has 0 aliphatic carbocycles. The van der Waals surface area contributed by atoms with Crippen LogP contribution in [-0.4, -0.2) is 21.7 Å². The van der Waals surface area contributed by atoms with Gasteiger partial charge in [-0.2, -0.15) is 5.10 Å². The Kier molecular flexibility index (Phi) is 5.04. The fourth-order valence-corrected chi connectivity index (χ4v) is 2.63. The zero-order valence-corrected chi connectivity index (χ0v) is 14.3. The fraction of sp³-hybridized carbons (Fsp3) is 0.150. The molecule has 3 aromatic rings. The summed E-state index contributed by atoms with van der Waals surface area (Å²) < 4.78 is 1.88. The van der Waals surface area contributed by atoms with Crippen LogP contribution in [0.5, 0.6) is 0 Å². The van der Waals surface area contributed by atoms with Crippen molar-refractivity contribution in [1.82, 2.24) is 15.0 Å².